The molecule has 0 aliphatic carbocycles. The third kappa shape index (κ3) is 4.07. The summed E-state index contributed by atoms with van der Waals surface area (Å²) >= 11 is 0. The molecular weight excluding hydrogens is 222 g/mol. The lowest BCUT2D eigenvalue weighted by Gasteiger charge is -2.29. The number of nitrogens with zero attached hydrogens (tertiary/aromatic N) is 2. The van der Waals surface area contributed by atoms with Gasteiger partial charge in [0.2, 0.25) is 11.8 Å². The van der Waals surface area contributed by atoms with Gasteiger partial charge in [-0.25, -0.2) is 0 Å². The number of aliphatic hydroxyl groups is 1. The van der Waals surface area contributed by atoms with Crippen LogP contribution in [0.4, 0.5) is 0 Å². The highest BCUT2D eigenvalue weighted by atomic mass is 16.3. The van der Waals surface area contributed by atoms with E-state index in [1.54, 1.807) is 0 Å². The van der Waals surface area contributed by atoms with Crippen LogP contribution in [0, 0.1) is 0 Å². The highest BCUT2D eigenvalue weighted by molar-refractivity contribution is 6.00. The Kier molecular flexibility index (Phi) is 5.04. The predicted octanol–water partition coefficient (Wildman–Crippen LogP) is -1.35. The van der Waals surface area contributed by atoms with Crippen molar-refractivity contribution in [2.75, 3.05) is 34.2 Å². The minimum Gasteiger partial charge on any atom is -0.390 e. The van der Waals surface area contributed by atoms with E-state index in [1.807, 2.05) is 19.0 Å². The van der Waals surface area contributed by atoms with Gasteiger partial charge in [0.05, 0.1) is 12.1 Å². The SMILES string of the molecule is CN(C)CC(O)CNC1CCC(=O)N(C)C1=O. The van der Waals surface area contributed by atoms with Gasteiger partial charge >= 0.3 is 0 Å². The zero-order valence-electron chi connectivity index (χ0n) is 10.6. The molecule has 0 bridgehead atoms. The van der Waals surface area contributed by atoms with Crippen molar-refractivity contribution in [3.63, 3.8) is 0 Å². The molecule has 0 aromatic heterocycles. The lowest BCUT2D eigenvalue weighted by atomic mass is 10.0. The summed E-state index contributed by atoms with van der Waals surface area (Å²) in [7, 11) is 5.25. The van der Waals surface area contributed by atoms with E-state index >= 15 is 0 Å². The van der Waals surface area contributed by atoms with Crippen LogP contribution in [-0.4, -0.2) is 73.1 Å². The van der Waals surface area contributed by atoms with Crippen molar-refractivity contribution >= 4 is 11.8 Å². The Bertz CT molecular complexity index is 294. The third-order valence-electron chi connectivity index (χ3n) is 2.83. The van der Waals surface area contributed by atoms with Gasteiger partial charge in [0, 0.05) is 26.6 Å². The fourth-order valence-electron chi connectivity index (χ4n) is 1.87. The minimum absolute atomic E-state index is 0.137. The maximum Gasteiger partial charge on any atom is 0.246 e. The van der Waals surface area contributed by atoms with Crippen molar-refractivity contribution in [2.24, 2.45) is 0 Å². The van der Waals surface area contributed by atoms with Crippen LogP contribution in [0.3, 0.4) is 0 Å². The topological polar surface area (TPSA) is 72.9 Å². The molecule has 2 amide bonds. The first-order valence-electron chi connectivity index (χ1n) is 5.78. The number of imide groups is 1. The first kappa shape index (κ1) is 14.1. The van der Waals surface area contributed by atoms with Gasteiger partial charge in [-0.2, -0.15) is 0 Å². The molecule has 2 atom stereocenters. The Morgan fingerprint density at radius 2 is 2.18 bits per heavy atom. The molecule has 0 radical (unpaired) electrons. The molecule has 1 fully saturated rings. The monoisotopic (exact) mass is 243 g/mol. The van der Waals surface area contributed by atoms with Gasteiger partial charge in [0.15, 0.2) is 0 Å². The molecular formula is C11H21N3O3. The van der Waals surface area contributed by atoms with Crippen LogP contribution in [0.15, 0.2) is 0 Å². The number of aliphatic hydroxyl groups excluding tert-OH is 1. The molecule has 1 heterocycles. The molecule has 98 valence electrons. The van der Waals surface area contributed by atoms with E-state index in [0.29, 0.717) is 25.9 Å². The predicted molar refractivity (Wildman–Crippen MR) is 63.4 cm³/mol. The van der Waals surface area contributed by atoms with Crippen molar-refractivity contribution in [1.29, 1.82) is 0 Å². The summed E-state index contributed by atoms with van der Waals surface area (Å²) < 4.78 is 0. The summed E-state index contributed by atoms with van der Waals surface area (Å²) in [5, 5.41) is 12.7. The highest BCUT2D eigenvalue weighted by Gasteiger charge is 2.31. The van der Waals surface area contributed by atoms with E-state index in [9.17, 15) is 14.7 Å². The highest BCUT2D eigenvalue weighted by Crippen LogP contribution is 2.11. The number of likely N-dealkylation sites (N-methyl/N-ethyl adjacent to an activating group) is 2. The maximum absolute atomic E-state index is 11.7. The Balaban J connectivity index is 2.37. The summed E-state index contributed by atoms with van der Waals surface area (Å²) in [5.41, 5.74) is 0. The average Bonchev–Trinajstić information content (AvgIpc) is 2.24. The number of amides is 2. The first-order chi connectivity index (χ1) is 7.91. The Hall–Kier alpha value is -0.980. The number of carbonyl (C=O) groups excluding carboxylic acids is 2. The van der Waals surface area contributed by atoms with Gasteiger partial charge in [0.1, 0.15) is 0 Å². The van der Waals surface area contributed by atoms with Crippen LogP contribution in [0.25, 0.3) is 0 Å². The second-order valence-corrected chi connectivity index (χ2v) is 4.71. The van der Waals surface area contributed by atoms with Crippen LogP contribution in [0.1, 0.15) is 12.8 Å². The van der Waals surface area contributed by atoms with Crippen molar-refractivity contribution in [1.82, 2.24) is 15.1 Å². The molecule has 0 aromatic carbocycles. The molecule has 0 saturated carbocycles. The molecule has 1 aliphatic rings. The number of hydrogen-bond acceptors (Lipinski definition) is 5. The van der Waals surface area contributed by atoms with E-state index < -0.39 is 6.10 Å². The maximum atomic E-state index is 11.7. The summed E-state index contributed by atoms with van der Waals surface area (Å²) in [6.45, 7) is 0.902. The largest absolute Gasteiger partial charge is 0.390 e. The Labute approximate surface area is 102 Å². The van der Waals surface area contributed by atoms with Gasteiger partial charge in [-0.1, -0.05) is 0 Å². The number of carbonyl (C=O) groups is 2. The molecule has 1 saturated heterocycles. The summed E-state index contributed by atoms with van der Waals surface area (Å²) in [6, 6.07) is -0.352. The molecule has 6 nitrogen and oxygen atoms in total. The molecule has 2 unspecified atom stereocenters. The Morgan fingerprint density at radius 3 is 2.76 bits per heavy atom. The zero-order chi connectivity index (χ0) is 13.0. The molecule has 1 rings (SSSR count). The zero-order valence-corrected chi connectivity index (χ0v) is 10.6. The summed E-state index contributed by atoms with van der Waals surface area (Å²) in [4.78, 5) is 26.0. The van der Waals surface area contributed by atoms with Crippen molar-refractivity contribution in [3.8, 4) is 0 Å². The van der Waals surface area contributed by atoms with E-state index in [0.717, 1.165) is 4.90 Å². The quantitative estimate of drug-likeness (QED) is 0.584. The van der Waals surface area contributed by atoms with Gasteiger partial charge < -0.3 is 15.3 Å². The molecule has 17 heavy (non-hydrogen) atoms. The average molecular weight is 243 g/mol. The van der Waals surface area contributed by atoms with Crippen LogP contribution < -0.4 is 5.32 Å². The van der Waals surface area contributed by atoms with Crippen molar-refractivity contribution in [2.45, 2.75) is 25.0 Å². The lowest BCUT2D eigenvalue weighted by Crippen LogP contribution is -2.53. The number of rotatable bonds is 5. The normalized spacial score (nSPS) is 23.4. The second-order valence-electron chi connectivity index (χ2n) is 4.71. The number of likely N-dealkylation sites (tertiary alicyclic amines) is 1. The van der Waals surface area contributed by atoms with E-state index in [2.05, 4.69) is 5.32 Å². The summed E-state index contributed by atoms with van der Waals surface area (Å²) in [5.74, 6) is -0.347. The molecule has 0 spiro atoms. The van der Waals surface area contributed by atoms with Crippen molar-refractivity contribution in [3.05, 3.63) is 0 Å². The fraction of sp³-hybridized carbons (Fsp3) is 0.818. The fourth-order valence-corrected chi connectivity index (χ4v) is 1.87. The third-order valence-corrected chi connectivity index (χ3v) is 2.83. The van der Waals surface area contributed by atoms with Gasteiger partial charge in [-0.05, 0) is 20.5 Å². The lowest BCUT2D eigenvalue weighted by molar-refractivity contribution is -0.148. The molecule has 1 aliphatic heterocycles. The van der Waals surface area contributed by atoms with E-state index in [4.69, 9.17) is 0 Å². The second kappa shape index (κ2) is 6.09. The smallest absolute Gasteiger partial charge is 0.246 e. The van der Waals surface area contributed by atoms with Crippen LogP contribution >= 0.6 is 0 Å². The van der Waals surface area contributed by atoms with Crippen LogP contribution in [-0.2, 0) is 9.59 Å². The summed E-state index contributed by atoms with van der Waals surface area (Å²) in [6.07, 6.45) is 0.376. The minimum atomic E-state index is -0.513. The first-order valence-corrected chi connectivity index (χ1v) is 5.78. The van der Waals surface area contributed by atoms with Gasteiger partial charge in [0.25, 0.3) is 0 Å². The molecule has 6 heteroatoms. The molecule has 2 N–H and O–H groups in total. The van der Waals surface area contributed by atoms with E-state index in [-0.39, 0.29) is 17.9 Å². The molecule has 0 aromatic rings. The Morgan fingerprint density at radius 1 is 1.53 bits per heavy atom. The van der Waals surface area contributed by atoms with Crippen LogP contribution in [0.2, 0.25) is 0 Å². The van der Waals surface area contributed by atoms with Crippen LogP contribution in [0.5, 0.6) is 0 Å². The van der Waals surface area contributed by atoms with E-state index in [1.165, 1.54) is 7.05 Å². The number of nitrogens with one attached hydrogen (secondary N) is 1. The number of piperidine rings is 1. The van der Waals surface area contributed by atoms with Gasteiger partial charge in [-0.15, -0.1) is 0 Å². The van der Waals surface area contributed by atoms with Crippen molar-refractivity contribution < 1.29 is 14.7 Å². The standard InChI is InChI=1S/C11H21N3O3/c1-13(2)7-8(15)6-12-9-4-5-10(16)14(3)11(9)17/h8-9,12,15H,4-7H2,1-3H3. The number of hydrogen-bond donors (Lipinski definition) is 2. The van der Waals surface area contributed by atoms with Gasteiger partial charge in [-0.3, -0.25) is 14.5 Å².